The van der Waals surface area contributed by atoms with Gasteiger partial charge in [0.15, 0.2) is 0 Å². The molecule has 2 amide bonds. The third-order valence-corrected chi connectivity index (χ3v) is 7.54. The van der Waals surface area contributed by atoms with Crippen LogP contribution in [-0.2, 0) is 26.2 Å². The predicted octanol–water partition coefficient (Wildman–Crippen LogP) is 5.05. The topological polar surface area (TPSA) is 86.8 Å². The van der Waals surface area contributed by atoms with Crippen molar-refractivity contribution >= 4 is 62.3 Å². The average Bonchev–Trinajstić information content (AvgIpc) is 2.77. The molecule has 0 saturated heterocycles. The number of carbonyl (C=O) groups excluding carboxylic acids is 2. The molecule has 0 spiro atoms. The largest absolute Gasteiger partial charge is 0.354 e. The Morgan fingerprint density at radius 2 is 1.74 bits per heavy atom. The molecule has 2 aromatic rings. The van der Waals surface area contributed by atoms with Gasteiger partial charge in [0, 0.05) is 18.1 Å². The highest BCUT2D eigenvalue weighted by molar-refractivity contribution is 7.92. The van der Waals surface area contributed by atoms with Crippen LogP contribution in [-0.4, -0.2) is 50.5 Å². The molecule has 0 aromatic heterocycles. The van der Waals surface area contributed by atoms with Crippen LogP contribution in [0.25, 0.3) is 0 Å². The summed E-state index contributed by atoms with van der Waals surface area (Å²) in [5.74, 6) is -0.880. The summed E-state index contributed by atoms with van der Waals surface area (Å²) in [6.45, 7) is 5.35. The lowest BCUT2D eigenvalue weighted by Crippen LogP contribution is -2.51. The highest BCUT2D eigenvalue weighted by Gasteiger charge is 2.30. The van der Waals surface area contributed by atoms with Crippen molar-refractivity contribution in [2.75, 3.05) is 23.7 Å². The minimum absolute atomic E-state index is 0.0370. The second-order valence-electron chi connectivity index (χ2n) is 8.29. The molecule has 0 saturated carbocycles. The number of nitrogens with one attached hydrogen (secondary N) is 1. The van der Waals surface area contributed by atoms with Gasteiger partial charge in [0.05, 0.1) is 22.0 Å². The number of hydrogen-bond donors (Lipinski definition) is 1. The first-order chi connectivity index (χ1) is 16.3. The van der Waals surface area contributed by atoms with Crippen LogP contribution in [0.4, 0.5) is 5.69 Å². The first-order valence-electron chi connectivity index (χ1n) is 11.1. The molecule has 0 aliphatic rings. The van der Waals surface area contributed by atoms with Gasteiger partial charge in [0.25, 0.3) is 0 Å². The Hall–Kier alpha value is -2.00. The van der Waals surface area contributed by atoms with E-state index in [1.807, 2.05) is 6.92 Å². The summed E-state index contributed by atoms with van der Waals surface area (Å²) in [6.07, 6.45) is 2.74. The van der Waals surface area contributed by atoms with E-state index in [0.29, 0.717) is 38.4 Å². The van der Waals surface area contributed by atoms with Gasteiger partial charge in [-0.2, -0.15) is 0 Å². The zero-order valence-corrected chi connectivity index (χ0v) is 23.2. The van der Waals surface area contributed by atoms with Crippen molar-refractivity contribution in [3.05, 3.63) is 62.6 Å². The average molecular weight is 563 g/mol. The third-order valence-electron chi connectivity index (χ3n) is 5.44. The molecular weight excluding hydrogens is 533 g/mol. The summed E-state index contributed by atoms with van der Waals surface area (Å²) in [4.78, 5) is 27.7. The molecule has 0 radical (unpaired) electrons. The zero-order valence-electron chi connectivity index (χ0n) is 20.1. The van der Waals surface area contributed by atoms with Gasteiger partial charge in [0.2, 0.25) is 21.8 Å². The molecular formula is C24H30Cl3N3O4S. The van der Waals surface area contributed by atoms with Crippen LogP contribution >= 0.6 is 34.8 Å². The maximum absolute atomic E-state index is 13.5. The molecule has 0 heterocycles. The van der Waals surface area contributed by atoms with Gasteiger partial charge in [-0.1, -0.05) is 54.2 Å². The Labute approximate surface area is 222 Å². The van der Waals surface area contributed by atoms with Gasteiger partial charge >= 0.3 is 0 Å². The maximum Gasteiger partial charge on any atom is 0.244 e. The van der Waals surface area contributed by atoms with Gasteiger partial charge < -0.3 is 10.2 Å². The van der Waals surface area contributed by atoms with Gasteiger partial charge in [-0.15, -0.1) is 0 Å². The first kappa shape index (κ1) is 29.2. The number of nitrogens with zero attached hydrogens (tertiary/aromatic N) is 2. The summed E-state index contributed by atoms with van der Waals surface area (Å²) < 4.78 is 26.3. The van der Waals surface area contributed by atoms with Crippen molar-refractivity contribution in [2.45, 2.75) is 46.2 Å². The van der Waals surface area contributed by atoms with Gasteiger partial charge in [-0.25, -0.2) is 8.42 Å². The SMILES string of the molecule is CCCCNC(=O)C(C)N(Cc1ccc(Cl)c(Cl)c1)C(=O)CN(c1ccc(Cl)cc1C)S(C)(=O)=O. The molecule has 0 aliphatic carbocycles. The number of benzene rings is 2. The summed E-state index contributed by atoms with van der Waals surface area (Å²) >= 11 is 18.2. The standard InChI is InChI=1S/C24H30Cl3N3O4S/c1-5-6-11-28-24(32)17(3)29(14-18-7-9-20(26)21(27)13-18)23(31)15-30(35(4,33)34)22-10-8-19(25)12-16(22)2/h7-10,12-13,17H,5-6,11,14-15H2,1-4H3,(H,28,32). The van der Waals surface area contributed by atoms with E-state index in [1.165, 1.54) is 4.90 Å². The summed E-state index contributed by atoms with van der Waals surface area (Å²) in [5.41, 5.74) is 1.58. The highest BCUT2D eigenvalue weighted by Crippen LogP contribution is 2.27. The Kier molecular flexibility index (Phi) is 10.7. The number of aryl methyl sites for hydroxylation is 1. The fourth-order valence-electron chi connectivity index (χ4n) is 3.45. The molecule has 35 heavy (non-hydrogen) atoms. The molecule has 1 atom stereocenters. The highest BCUT2D eigenvalue weighted by atomic mass is 35.5. The van der Waals surface area contributed by atoms with Crippen LogP contribution in [0.1, 0.15) is 37.8 Å². The fraction of sp³-hybridized carbons (Fsp3) is 0.417. The molecule has 0 fully saturated rings. The molecule has 0 aliphatic heterocycles. The summed E-state index contributed by atoms with van der Waals surface area (Å²) in [5, 5.41) is 3.95. The summed E-state index contributed by atoms with van der Waals surface area (Å²) in [6, 6.07) is 8.80. The molecule has 2 rings (SSSR count). The molecule has 1 unspecified atom stereocenters. The normalized spacial score (nSPS) is 12.2. The van der Waals surface area contributed by atoms with Crippen molar-refractivity contribution in [3.8, 4) is 0 Å². The molecule has 192 valence electrons. The number of rotatable bonds is 11. The lowest BCUT2D eigenvalue weighted by atomic mass is 10.1. The molecule has 11 heteroatoms. The fourth-order valence-corrected chi connectivity index (χ4v) is 4.90. The number of sulfonamides is 1. The maximum atomic E-state index is 13.5. The number of carbonyl (C=O) groups is 2. The Morgan fingerprint density at radius 3 is 2.31 bits per heavy atom. The number of amides is 2. The second-order valence-corrected chi connectivity index (χ2v) is 11.4. The minimum atomic E-state index is -3.83. The van der Waals surface area contributed by atoms with Crippen LogP contribution in [0, 0.1) is 6.92 Å². The molecule has 1 N–H and O–H groups in total. The smallest absolute Gasteiger partial charge is 0.244 e. The van der Waals surface area contributed by atoms with Crippen molar-refractivity contribution in [1.82, 2.24) is 10.2 Å². The zero-order chi connectivity index (χ0) is 26.3. The van der Waals surface area contributed by atoms with Crippen LogP contribution < -0.4 is 9.62 Å². The van der Waals surface area contributed by atoms with Crippen molar-refractivity contribution in [1.29, 1.82) is 0 Å². The minimum Gasteiger partial charge on any atom is -0.354 e. The lowest BCUT2D eigenvalue weighted by molar-refractivity contribution is -0.139. The van der Waals surface area contributed by atoms with E-state index in [0.717, 1.165) is 23.4 Å². The summed E-state index contributed by atoms with van der Waals surface area (Å²) in [7, 11) is -3.83. The van der Waals surface area contributed by atoms with Crippen molar-refractivity contribution in [2.24, 2.45) is 0 Å². The van der Waals surface area contributed by atoms with E-state index in [4.69, 9.17) is 34.8 Å². The van der Waals surface area contributed by atoms with E-state index >= 15 is 0 Å². The predicted molar refractivity (Wildman–Crippen MR) is 143 cm³/mol. The van der Waals surface area contributed by atoms with E-state index in [9.17, 15) is 18.0 Å². The Morgan fingerprint density at radius 1 is 1.06 bits per heavy atom. The van der Waals surface area contributed by atoms with Crippen molar-refractivity contribution < 1.29 is 18.0 Å². The van der Waals surface area contributed by atoms with E-state index in [2.05, 4.69) is 5.32 Å². The molecule has 0 bridgehead atoms. The lowest BCUT2D eigenvalue weighted by Gasteiger charge is -2.32. The van der Waals surface area contributed by atoms with Gasteiger partial charge in [0.1, 0.15) is 12.6 Å². The van der Waals surface area contributed by atoms with E-state index in [-0.39, 0.29) is 12.5 Å². The van der Waals surface area contributed by atoms with Gasteiger partial charge in [-0.05, 0) is 61.7 Å². The van der Waals surface area contributed by atoms with Crippen LogP contribution in [0.3, 0.4) is 0 Å². The monoisotopic (exact) mass is 561 g/mol. The Bertz CT molecular complexity index is 1170. The third kappa shape index (κ3) is 8.27. The number of hydrogen-bond acceptors (Lipinski definition) is 4. The van der Waals surface area contributed by atoms with Crippen molar-refractivity contribution in [3.63, 3.8) is 0 Å². The quantitative estimate of drug-likeness (QED) is 0.388. The number of unbranched alkanes of at least 4 members (excludes halogenated alkanes) is 1. The van der Waals surface area contributed by atoms with Crippen LogP contribution in [0.15, 0.2) is 36.4 Å². The Balaban J connectivity index is 2.40. The van der Waals surface area contributed by atoms with E-state index < -0.39 is 28.5 Å². The molecule has 2 aromatic carbocycles. The van der Waals surface area contributed by atoms with E-state index in [1.54, 1.807) is 50.2 Å². The molecule has 7 nitrogen and oxygen atoms in total. The van der Waals surface area contributed by atoms with Gasteiger partial charge in [-0.3, -0.25) is 13.9 Å². The van der Waals surface area contributed by atoms with Crippen LogP contribution in [0.5, 0.6) is 0 Å². The second kappa shape index (κ2) is 12.8. The van der Waals surface area contributed by atoms with Crippen LogP contribution in [0.2, 0.25) is 15.1 Å². The number of anilines is 1. The number of halogens is 3. The first-order valence-corrected chi connectivity index (χ1v) is 14.1.